The van der Waals surface area contributed by atoms with E-state index in [-0.39, 0.29) is 0 Å². The van der Waals surface area contributed by atoms with Gasteiger partial charge in [0.1, 0.15) is 11.9 Å². The molecular formula is C30H35N5O2. The maximum Gasteiger partial charge on any atom is 0.407 e. The second-order valence-electron chi connectivity index (χ2n) is 10.8. The first kappa shape index (κ1) is 24.8. The number of benzene rings is 2. The highest BCUT2D eigenvalue weighted by Gasteiger charge is 2.17. The highest BCUT2D eigenvalue weighted by molar-refractivity contribution is 5.82. The lowest BCUT2D eigenvalue weighted by Gasteiger charge is -2.28. The van der Waals surface area contributed by atoms with Gasteiger partial charge in [0.05, 0.1) is 11.2 Å². The van der Waals surface area contributed by atoms with Crippen LogP contribution in [-0.4, -0.2) is 39.4 Å². The molecule has 0 aliphatic carbocycles. The Morgan fingerprint density at radius 2 is 1.70 bits per heavy atom. The van der Waals surface area contributed by atoms with Gasteiger partial charge in [-0.2, -0.15) is 5.10 Å². The van der Waals surface area contributed by atoms with Crippen LogP contribution in [0.3, 0.4) is 0 Å². The molecule has 1 saturated heterocycles. The Balaban J connectivity index is 1.36. The van der Waals surface area contributed by atoms with Gasteiger partial charge < -0.3 is 15.0 Å². The Bertz CT molecular complexity index is 1400. The summed E-state index contributed by atoms with van der Waals surface area (Å²) in [7, 11) is 0. The third-order valence-corrected chi connectivity index (χ3v) is 6.77. The van der Waals surface area contributed by atoms with E-state index in [1.165, 1.54) is 24.9 Å². The number of alkyl carbamates (subject to hydrolysis) is 1. The summed E-state index contributed by atoms with van der Waals surface area (Å²) in [6.07, 6.45) is 7.11. The molecule has 192 valence electrons. The summed E-state index contributed by atoms with van der Waals surface area (Å²) in [6, 6.07) is 17.2. The minimum absolute atomic E-state index is 0.406. The van der Waals surface area contributed by atoms with Crippen LogP contribution in [0.4, 0.5) is 10.5 Å². The normalized spacial score (nSPS) is 14.1. The number of fused-ring (bicyclic) bond motifs is 1. The molecule has 37 heavy (non-hydrogen) atoms. The Hall–Kier alpha value is -3.87. The molecule has 7 nitrogen and oxygen atoms in total. The molecule has 7 heteroatoms. The van der Waals surface area contributed by atoms with Crippen LogP contribution in [0, 0.1) is 6.92 Å². The van der Waals surface area contributed by atoms with Gasteiger partial charge in [-0.1, -0.05) is 24.3 Å². The first-order chi connectivity index (χ1) is 17.8. The minimum atomic E-state index is -0.521. The van der Waals surface area contributed by atoms with Crippen LogP contribution < -0.4 is 10.2 Å². The van der Waals surface area contributed by atoms with E-state index < -0.39 is 11.7 Å². The summed E-state index contributed by atoms with van der Waals surface area (Å²) in [6.45, 7) is 10.3. The first-order valence-electron chi connectivity index (χ1n) is 13.0. The van der Waals surface area contributed by atoms with E-state index in [9.17, 15) is 4.79 Å². The van der Waals surface area contributed by atoms with Crippen LogP contribution in [0.5, 0.6) is 0 Å². The van der Waals surface area contributed by atoms with Crippen molar-refractivity contribution in [2.24, 2.45) is 0 Å². The van der Waals surface area contributed by atoms with Crippen LogP contribution in [0.25, 0.3) is 27.9 Å². The number of carbonyl (C=O) groups excluding carboxylic acids is 1. The maximum atomic E-state index is 12.0. The summed E-state index contributed by atoms with van der Waals surface area (Å²) in [4.78, 5) is 19.1. The lowest BCUT2D eigenvalue weighted by molar-refractivity contribution is 0.0523. The molecule has 0 bridgehead atoms. The van der Waals surface area contributed by atoms with Crippen molar-refractivity contribution in [1.82, 2.24) is 19.9 Å². The average Bonchev–Trinajstić information content (AvgIpc) is 3.32. The number of nitrogens with zero attached hydrogens (tertiary/aromatic N) is 4. The highest BCUT2D eigenvalue weighted by atomic mass is 16.6. The van der Waals surface area contributed by atoms with Crippen molar-refractivity contribution in [2.75, 3.05) is 18.0 Å². The average molecular weight is 498 g/mol. The van der Waals surface area contributed by atoms with Crippen molar-refractivity contribution >= 4 is 17.3 Å². The predicted octanol–water partition coefficient (Wildman–Crippen LogP) is 6.39. The number of rotatable bonds is 5. The van der Waals surface area contributed by atoms with Gasteiger partial charge in [0.2, 0.25) is 0 Å². The lowest BCUT2D eigenvalue weighted by Crippen LogP contribution is -2.32. The standard InChI is InChI=1S/C30H35N5O2/c1-21-16-23(8-9-24(21)18-31-29(36)37-30(2,3)4)28-27-17-25(19-35(27)33-20-32-28)22-10-12-26(13-11-22)34-14-6-5-7-15-34/h8-13,16-17,19-20H,5-7,14-15,18H2,1-4H3,(H,31,36). The molecule has 1 fully saturated rings. The van der Waals surface area contributed by atoms with Gasteiger partial charge in [0.15, 0.2) is 0 Å². The number of amides is 1. The zero-order chi connectivity index (χ0) is 26.0. The maximum absolute atomic E-state index is 12.0. The number of ether oxygens (including phenoxy) is 1. The molecule has 1 N–H and O–H groups in total. The van der Waals surface area contributed by atoms with Crippen molar-refractivity contribution in [1.29, 1.82) is 0 Å². The Morgan fingerprint density at radius 1 is 0.973 bits per heavy atom. The molecule has 4 aromatic rings. The SMILES string of the molecule is Cc1cc(-c2ncnn3cc(-c4ccc(N5CCCCC5)cc4)cc23)ccc1CNC(=O)OC(C)(C)C. The summed E-state index contributed by atoms with van der Waals surface area (Å²) in [5.74, 6) is 0. The predicted molar refractivity (Wildman–Crippen MR) is 148 cm³/mol. The number of nitrogens with one attached hydrogen (secondary N) is 1. The van der Waals surface area contributed by atoms with Crippen LogP contribution in [0.15, 0.2) is 61.1 Å². The van der Waals surface area contributed by atoms with E-state index in [1.807, 2.05) is 44.3 Å². The fourth-order valence-corrected chi connectivity index (χ4v) is 4.85. The zero-order valence-electron chi connectivity index (χ0n) is 22.1. The third-order valence-electron chi connectivity index (χ3n) is 6.77. The topological polar surface area (TPSA) is 71.8 Å². The van der Waals surface area contributed by atoms with Gasteiger partial charge in [-0.05, 0) is 87.9 Å². The van der Waals surface area contributed by atoms with Crippen molar-refractivity contribution in [2.45, 2.75) is 59.1 Å². The van der Waals surface area contributed by atoms with E-state index in [0.29, 0.717) is 6.54 Å². The Labute approximate surface area is 218 Å². The first-order valence-corrected chi connectivity index (χ1v) is 13.0. The van der Waals surface area contributed by atoms with Crippen molar-refractivity contribution in [3.05, 3.63) is 72.2 Å². The van der Waals surface area contributed by atoms with Gasteiger partial charge in [0, 0.05) is 42.6 Å². The zero-order valence-corrected chi connectivity index (χ0v) is 22.1. The van der Waals surface area contributed by atoms with Gasteiger partial charge in [-0.3, -0.25) is 0 Å². The monoisotopic (exact) mass is 497 g/mol. The minimum Gasteiger partial charge on any atom is -0.444 e. The number of carbonyl (C=O) groups is 1. The Morgan fingerprint density at radius 3 is 2.41 bits per heavy atom. The molecule has 5 rings (SSSR count). The third kappa shape index (κ3) is 5.77. The van der Waals surface area contributed by atoms with Crippen LogP contribution in [0.2, 0.25) is 0 Å². The number of anilines is 1. The van der Waals surface area contributed by atoms with E-state index in [4.69, 9.17) is 4.74 Å². The fraction of sp³-hybridized carbons (Fsp3) is 0.367. The molecule has 1 amide bonds. The second-order valence-corrected chi connectivity index (χ2v) is 10.8. The second kappa shape index (κ2) is 10.2. The van der Waals surface area contributed by atoms with Crippen LogP contribution in [-0.2, 0) is 11.3 Å². The quantitative estimate of drug-likeness (QED) is 0.346. The van der Waals surface area contributed by atoms with Crippen LogP contribution in [0.1, 0.15) is 51.2 Å². The molecule has 2 aromatic carbocycles. The van der Waals surface area contributed by atoms with Gasteiger partial charge in [-0.25, -0.2) is 14.3 Å². The fourth-order valence-electron chi connectivity index (χ4n) is 4.85. The number of hydrogen-bond donors (Lipinski definition) is 1. The van der Waals surface area contributed by atoms with E-state index >= 15 is 0 Å². The largest absolute Gasteiger partial charge is 0.444 e. The summed E-state index contributed by atoms with van der Waals surface area (Å²) in [5.41, 5.74) is 8.00. The molecule has 0 spiro atoms. The van der Waals surface area contributed by atoms with E-state index in [2.05, 4.69) is 62.9 Å². The summed E-state index contributed by atoms with van der Waals surface area (Å²) in [5, 5.41) is 7.30. The molecule has 2 aromatic heterocycles. The molecule has 0 saturated carbocycles. The number of piperidine rings is 1. The summed E-state index contributed by atoms with van der Waals surface area (Å²) < 4.78 is 7.24. The van der Waals surface area contributed by atoms with Crippen molar-refractivity contribution < 1.29 is 9.53 Å². The molecule has 1 aliphatic rings. The molecule has 0 atom stereocenters. The lowest BCUT2D eigenvalue weighted by atomic mass is 10.0. The van der Waals surface area contributed by atoms with Crippen molar-refractivity contribution in [3.63, 3.8) is 0 Å². The molecular weight excluding hydrogens is 462 g/mol. The highest BCUT2D eigenvalue weighted by Crippen LogP contribution is 2.30. The molecule has 0 radical (unpaired) electrons. The van der Waals surface area contributed by atoms with Gasteiger partial charge in [-0.15, -0.1) is 0 Å². The van der Waals surface area contributed by atoms with E-state index in [1.54, 1.807) is 6.33 Å². The number of aryl methyl sites for hydroxylation is 1. The number of aromatic nitrogens is 3. The Kier molecular flexibility index (Phi) is 6.87. The summed E-state index contributed by atoms with van der Waals surface area (Å²) >= 11 is 0. The van der Waals surface area contributed by atoms with E-state index in [0.717, 1.165) is 52.1 Å². The number of hydrogen-bond acceptors (Lipinski definition) is 5. The van der Waals surface area contributed by atoms with Gasteiger partial charge in [0.25, 0.3) is 0 Å². The molecule has 3 heterocycles. The molecule has 0 unspecified atom stereocenters. The van der Waals surface area contributed by atoms with Crippen molar-refractivity contribution in [3.8, 4) is 22.4 Å². The molecule has 1 aliphatic heterocycles. The smallest absolute Gasteiger partial charge is 0.407 e. The van der Waals surface area contributed by atoms with Crippen LogP contribution >= 0.6 is 0 Å². The van der Waals surface area contributed by atoms with Gasteiger partial charge >= 0.3 is 6.09 Å².